The molecule has 4 aromatic rings. The van der Waals surface area contributed by atoms with Crippen LogP contribution in [0.15, 0.2) is 121 Å². The topological polar surface area (TPSA) is 0 Å². The average Bonchev–Trinajstić information content (AvgIpc) is 3.48. The Kier molecular flexibility index (Phi) is 13.5. The molecule has 2 aliphatic carbocycles. The van der Waals surface area contributed by atoms with Crippen molar-refractivity contribution in [3.63, 3.8) is 0 Å². The maximum absolute atomic E-state index is 4.02. The van der Waals surface area contributed by atoms with Gasteiger partial charge in [0.1, 0.15) is 0 Å². The summed E-state index contributed by atoms with van der Waals surface area (Å²) in [7, 11) is 0. The second-order valence-corrected chi connectivity index (χ2v) is 7.17. The van der Waals surface area contributed by atoms with Gasteiger partial charge in [0.25, 0.3) is 0 Å². The first-order chi connectivity index (χ1) is 15.3. The molecule has 168 valence electrons. The monoisotopic (exact) mass is 555 g/mol. The Morgan fingerprint density at radius 3 is 1.71 bits per heavy atom. The Bertz CT molecular complexity index is 1330. The molecule has 3 heteroatoms. The molecule has 0 radical (unpaired) electrons. The fourth-order valence-electron chi connectivity index (χ4n) is 3.68. The van der Waals surface area contributed by atoms with E-state index < -0.39 is 0 Å². The Morgan fingerprint density at radius 1 is 0.647 bits per heavy atom. The van der Waals surface area contributed by atoms with Crippen LogP contribution in [-0.2, 0) is 26.2 Å². The molecule has 0 nitrogen and oxygen atoms in total. The van der Waals surface area contributed by atoms with E-state index in [0.29, 0.717) is 0 Å². The zero-order chi connectivity index (χ0) is 21.3. The zero-order valence-corrected chi connectivity index (χ0v) is 22.6. The molecule has 0 saturated heterocycles. The van der Waals surface area contributed by atoms with Crippen molar-refractivity contribution in [1.82, 2.24) is 0 Å². The van der Waals surface area contributed by atoms with Crippen LogP contribution in [0.25, 0.3) is 12.2 Å². The summed E-state index contributed by atoms with van der Waals surface area (Å²) in [4.78, 5) is 0. The van der Waals surface area contributed by atoms with E-state index in [1.807, 2.05) is 66.7 Å². The summed E-state index contributed by atoms with van der Waals surface area (Å²) in [5.41, 5.74) is 3.93. The smallest absolute Gasteiger partial charge is 1.00 e. The van der Waals surface area contributed by atoms with Crippen molar-refractivity contribution in [3.8, 4) is 0 Å². The van der Waals surface area contributed by atoms with E-state index >= 15 is 0 Å². The molecule has 0 N–H and O–H groups in total. The van der Waals surface area contributed by atoms with Gasteiger partial charge >= 0.3 is 26.2 Å². The second-order valence-electron chi connectivity index (χ2n) is 7.17. The minimum Gasteiger partial charge on any atom is -1.00 e. The van der Waals surface area contributed by atoms with Gasteiger partial charge in [-0.05, 0) is 6.42 Å². The number of rotatable bonds is 1. The Morgan fingerprint density at radius 2 is 1.24 bits per heavy atom. The van der Waals surface area contributed by atoms with Crippen molar-refractivity contribution in [3.05, 3.63) is 166 Å². The third-order valence-corrected chi connectivity index (χ3v) is 5.05. The maximum Gasteiger partial charge on any atom is 2.00 e. The molecule has 0 amide bonds. The van der Waals surface area contributed by atoms with Gasteiger partial charge in [0.05, 0.1) is 0 Å². The first kappa shape index (κ1) is 29.6. The van der Waals surface area contributed by atoms with Gasteiger partial charge in [0.2, 0.25) is 0 Å². The Balaban J connectivity index is 0.000000322. The third kappa shape index (κ3) is 7.54. The molecule has 0 heterocycles. The van der Waals surface area contributed by atoms with Crippen LogP contribution >= 0.6 is 0 Å². The molecule has 0 unspecified atom stereocenters. The number of hydrogen-bond donors (Lipinski definition) is 0. The summed E-state index contributed by atoms with van der Waals surface area (Å²) < 4.78 is 0. The molecule has 6 rings (SSSR count). The van der Waals surface area contributed by atoms with Crippen LogP contribution in [0, 0.1) is 28.6 Å². The second kappa shape index (κ2) is 15.5. The van der Waals surface area contributed by atoms with E-state index in [1.165, 1.54) is 32.4 Å². The van der Waals surface area contributed by atoms with E-state index in [9.17, 15) is 0 Å². The molecule has 4 aromatic carbocycles. The minimum atomic E-state index is 0. The first-order valence-electron chi connectivity index (χ1n) is 10.4. The van der Waals surface area contributed by atoms with Crippen LogP contribution < -0.4 is 35.3 Å². The standard InChI is InChI=1S/C19H13.2C6H5.2ClH.Zr/c1-13-10-11-16-15-8-4-5-9-17(15)19(18(16)12-13)14-6-2-3-7-14;2*1-2-4-6-5-3-1;;;/h2-6,8-11H,1,7H2;2*1-5H;2*1H;/q3*-1;;;+2/p-2. The summed E-state index contributed by atoms with van der Waals surface area (Å²) in [5.74, 6) is 0. The fourth-order valence-corrected chi connectivity index (χ4v) is 3.68. The van der Waals surface area contributed by atoms with Gasteiger partial charge in [-0.2, -0.15) is 79.4 Å². The van der Waals surface area contributed by atoms with E-state index in [2.05, 4.69) is 73.3 Å². The Hall–Kier alpha value is -2.44. The van der Waals surface area contributed by atoms with Crippen LogP contribution in [0.2, 0.25) is 0 Å². The molecule has 34 heavy (non-hydrogen) atoms. The largest absolute Gasteiger partial charge is 2.00 e. The number of allylic oxidation sites excluding steroid dienone is 4. The predicted molar refractivity (Wildman–Crippen MR) is 129 cm³/mol. The number of benzene rings is 4. The third-order valence-electron chi connectivity index (χ3n) is 5.05. The van der Waals surface area contributed by atoms with Gasteiger partial charge in [-0.3, -0.25) is 0 Å². The average molecular weight is 558 g/mol. The van der Waals surface area contributed by atoms with Crippen LogP contribution in [0.5, 0.6) is 0 Å². The molecular weight excluding hydrogens is 534 g/mol. The van der Waals surface area contributed by atoms with Gasteiger partial charge in [0, 0.05) is 0 Å². The number of hydrogen-bond acceptors (Lipinski definition) is 0. The zero-order valence-electron chi connectivity index (χ0n) is 18.6. The molecular formula is C31H23Cl2Zr-3. The molecule has 0 atom stereocenters. The van der Waals surface area contributed by atoms with Crippen LogP contribution in [-0.4, -0.2) is 0 Å². The minimum absolute atomic E-state index is 0. The van der Waals surface area contributed by atoms with Crippen LogP contribution in [0.1, 0.15) is 12.0 Å². The summed E-state index contributed by atoms with van der Waals surface area (Å²) in [6.07, 6.45) is 7.57. The molecule has 0 aromatic heterocycles. The number of fused-ring (bicyclic) bond motifs is 2. The maximum atomic E-state index is 4.02. The van der Waals surface area contributed by atoms with E-state index in [1.54, 1.807) is 0 Å². The summed E-state index contributed by atoms with van der Waals surface area (Å²) >= 11 is 0. The normalized spacial score (nSPS) is 11.4. The molecule has 2 aliphatic rings. The fraction of sp³-hybridized carbons (Fsp3) is 0.0323. The van der Waals surface area contributed by atoms with Crippen molar-refractivity contribution in [2.45, 2.75) is 6.42 Å². The molecule has 0 saturated carbocycles. The molecule has 0 spiro atoms. The van der Waals surface area contributed by atoms with Gasteiger partial charge < -0.3 is 24.8 Å². The van der Waals surface area contributed by atoms with Crippen molar-refractivity contribution in [2.75, 3.05) is 0 Å². The van der Waals surface area contributed by atoms with Gasteiger partial charge in [-0.25, -0.2) is 0 Å². The van der Waals surface area contributed by atoms with Crippen molar-refractivity contribution in [2.24, 2.45) is 0 Å². The summed E-state index contributed by atoms with van der Waals surface area (Å²) in [5, 5.41) is 4.88. The van der Waals surface area contributed by atoms with Crippen molar-refractivity contribution >= 4 is 12.2 Å². The van der Waals surface area contributed by atoms with Gasteiger partial charge in [0.15, 0.2) is 0 Å². The molecule has 0 bridgehead atoms. The quantitative estimate of drug-likeness (QED) is 0.279. The summed E-state index contributed by atoms with van der Waals surface area (Å²) in [6, 6.07) is 41.3. The Labute approximate surface area is 233 Å². The van der Waals surface area contributed by atoms with Crippen molar-refractivity contribution in [1.29, 1.82) is 0 Å². The van der Waals surface area contributed by atoms with Crippen LogP contribution in [0.4, 0.5) is 0 Å². The number of halogens is 2. The SMILES string of the molecule is C=c1[c-]c2c(cc1)=c1ccccc1=C2C1=CC=CC1.[Cl-].[Cl-].[Zr+2].[c-]1ccccc1.[c-]1ccccc1. The summed E-state index contributed by atoms with van der Waals surface area (Å²) in [6.45, 7) is 4.02. The first-order valence-corrected chi connectivity index (χ1v) is 10.4. The predicted octanol–water partition coefficient (Wildman–Crippen LogP) is -0.438. The molecule has 0 aliphatic heterocycles. The van der Waals surface area contributed by atoms with E-state index in [4.69, 9.17) is 0 Å². The van der Waals surface area contributed by atoms with E-state index in [0.717, 1.165) is 11.6 Å². The molecule has 0 fully saturated rings. The van der Waals surface area contributed by atoms with Gasteiger partial charge in [-0.15, -0.1) is 29.0 Å². The van der Waals surface area contributed by atoms with E-state index in [-0.39, 0.29) is 51.0 Å². The van der Waals surface area contributed by atoms with Crippen molar-refractivity contribution < 1.29 is 51.0 Å². The van der Waals surface area contributed by atoms with Crippen LogP contribution in [0.3, 0.4) is 0 Å². The van der Waals surface area contributed by atoms with Gasteiger partial charge in [-0.1, -0.05) is 69.3 Å².